The molecular formula is C25H45NO. The van der Waals surface area contributed by atoms with Gasteiger partial charge in [-0.25, -0.2) is 0 Å². The molecule has 0 fully saturated rings. The summed E-state index contributed by atoms with van der Waals surface area (Å²) in [7, 11) is 4.14. The van der Waals surface area contributed by atoms with Crippen LogP contribution in [-0.4, -0.2) is 24.1 Å². The van der Waals surface area contributed by atoms with Crippen LogP contribution in [0.2, 0.25) is 0 Å². The molecule has 0 spiro atoms. The molecule has 1 N–H and O–H groups in total. The molecule has 0 aromatic heterocycles. The number of phenols is 1. The van der Waals surface area contributed by atoms with Gasteiger partial charge < -0.3 is 10.0 Å². The molecule has 1 atom stereocenters. The van der Waals surface area contributed by atoms with E-state index in [2.05, 4.69) is 79.6 Å². The van der Waals surface area contributed by atoms with Crippen LogP contribution in [0.15, 0.2) is 12.1 Å². The first-order valence-corrected chi connectivity index (χ1v) is 10.9. The van der Waals surface area contributed by atoms with E-state index < -0.39 is 0 Å². The lowest BCUT2D eigenvalue weighted by atomic mass is 9.71. The summed E-state index contributed by atoms with van der Waals surface area (Å²) in [5.74, 6) is 1.03. The number of rotatable bonds is 10. The number of hydrogen-bond donors (Lipinski definition) is 1. The quantitative estimate of drug-likeness (QED) is 0.436. The topological polar surface area (TPSA) is 23.5 Å². The van der Waals surface area contributed by atoms with Gasteiger partial charge >= 0.3 is 0 Å². The van der Waals surface area contributed by atoms with E-state index in [-0.39, 0.29) is 10.8 Å². The average Bonchev–Trinajstić information content (AvgIpc) is 2.50. The van der Waals surface area contributed by atoms with Crippen molar-refractivity contribution < 1.29 is 5.11 Å². The maximum absolute atomic E-state index is 11.1. The van der Waals surface area contributed by atoms with Crippen LogP contribution in [0.25, 0.3) is 0 Å². The maximum atomic E-state index is 11.1. The molecule has 0 aliphatic rings. The smallest absolute Gasteiger partial charge is 0.123 e. The number of hydrogen-bond acceptors (Lipinski definition) is 2. The molecule has 0 aliphatic carbocycles. The monoisotopic (exact) mass is 375 g/mol. The van der Waals surface area contributed by atoms with E-state index in [0.717, 1.165) is 24.1 Å². The van der Waals surface area contributed by atoms with Crippen LogP contribution in [0.4, 0.5) is 0 Å². The van der Waals surface area contributed by atoms with Gasteiger partial charge in [0.1, 0.15) is 5.75 Å². The van der Waals surface area contributed by atoms with Crippen molar-refractivity contribution in [3.05, 3.63) is 28.8 Å². The van der Waals surface area contributed by atoms with Crippen molar-refractivity contribution in [2.24, 2.45) is 5.41 Å². The van der Waals surface area contributed by atoms with Gasteiger partial charge in [0.15, 0.2) is 0 Å². The SMILES string of the molecule is CCCCCCC(C)c1cc(CN(C)C)c(O)c(C(C)(C)CC(C)(C)C)c1. The number of phenolic OH excluding ortho intramolecular Hbond substituents is 1. The fourth-order valence-corrected chi connectivity index (χ4v) is 4.45. The molecule has 0 bridgehead atoms. The van der Waals surface area contributed by atoms with Gasteiger partial charge in [0.05, 0.1) is 0 Å². The molecule has 2 nitrogen and oxygen atoms in total. The highest BCUT2D eigenvalue weighted by molar-refractivity contribution is 5.48. The Balaban J connectivity index is 3.24. The molecule has 0 saturated heterocycles. The molecule has 1 aromatic rings. The second-order valence-electron chi connectivity index (χ2n) is 10.7. The average molecular weight is 376 g/mol. The molecule has 0 saturated carbocycles. The third-order valence-corrected chi connectivity index (χ3v) is 5.46. The summed E-state index contributed by atoms with van der Waals surface area (Å²) in [6.07, 6.45) is 7.50. The standard InChI is InChI=1S/C25H45NO/c1-10-11-12-13-14-19(2)20-15-21(17-26(8)9)23(27)22(16-20)25(6,7)18-24(3,4)5/h15-16,19,27H,10-14,17-18H2,1-9H3. The van der Waals surface area contributed by atoms with Crippen LogP contribution in [0.3, 0.4) is 0 Å². The summed E-state index contributed by atoms with van der Waals surface area (Å²) >= 11 is 0. The lowest BCUT2D eigenvalue weighted by Gasteiger charge is -2.34. The Morgan fingerprint density at radius 2 is 1.63 bits per heavy atom. The lowest BCUT2D eigenvalue weighted by molar-refractivity contribution is 0.277. The first kappa shape index (κ1) is 24.0. The Hall–Kier alpha value is -1.02. The molecule has 27 heavy (non-hydrogen) atoms. The van der Waals surface area contributed by atoms with E-state index in [0.29, 0.717) is 11.7 Å². The van der Waals surface area contributed by atoms with Crippen molar-refractivity contribution in [3.8, 4) is 5.75 Å². The number of aromatic hydroxyl groups is 1. The second kappa shape index (κ2) is 9.96. The third-order valence-electron chi connectivity index (χ3n) is 5.46. The van der Waals surface area contributed by atoms with Crippen LogP contribution in [0.5, 0.6) is 5.75 Å². The van der Waals surface area contributed by atoms with E-state index in [9.17, 15) is 5.11 Å². The van der Waals surface area contributed by atoms with Gasteiger partial charge in [0.25, 0.3) is 0 Å². The first-order valence-electron chi connectivity index (χ1n) is 10.9. The Morgan fingerprint density at radius 3 is 2.15 bits per heavy atom. The number of nitrogens with zero attached hydrogens (tertiary/aromatic N) is 1. The van der Waals surface area contributed by atoms with Crippen LogP contribution in [0, 0.1) is 5.41 Å². The van der Waals surface area contributed by atoms with Crippen molar-refractivity contribution in [3.63, 3.8) is 0 Å². The van der Waals surface area contributed by atoms with E-state index >= 15 is 0 Å². The summed E-state index contributed by atoms with van der Waals surface area (Å²) in [6, 6.07) is 4.54. The van der Waals surface area contributed by atoms with Gasteiger partial charge in [-0.2, -0.15) is 0 Å². The van der Waals surface area contributed by atoms with E-state index in [1.165, 1.54) is 37.7 Å². The van der Waals surface area contributed by atoms with Gasteiger partial charge in [-0.3, -0.25) is 0 Å². The molecule has 2 heteroatoms. The van der Waals surface area contributed by atoms with Crippen molar-refractivity contribution in [1.82, 2.24) is 4.90 Å². The third kappa shape index (κ3) is 7.86. The molecule has 0 heterocycles. The van der Waals surface area contributed by atoms with Crippen molar-refractivity contribution in [1.29, 1.82) is 0 Å². The summed E-state index contributed by atoms with van der Waals surface area (Å²) in [6.45, 7) is 16.8. The summed E-state index contributed by atoms with van der Waals surface area (Å²) < 4.78 is 0. The minimum atomic E-state index is -0.0542. The highest BCUT2D eigenvalue weighted by Crippen LogP contribution is 2.43. The summed E-state index contributed by atoms with van der Waals surface area (Å²) in [5.41, 5.74) is 3.74. The molecule has 156 valence electrons. The Labute approximate surface area is 169 Å². The summed E-state index contributed by atoms with van der Waals surface area (Å²) in [5, 5.41) is 11.1. The molecule has 1 unspecified atom stereocenters. The minimum Gasteiger partial charge on any atom is -0.507 e. The molecule has 0 amide bonds. The largest absolute Gasteiger partial charge is 0.507 e. The van der Waals surface area contributed by atoms with Crippen molar-refractivity contribution in [2.45, 2.75) is 105 Å². The van der Waals surface area contributed by atoms with Crippen LogP contribution >= 0.6 is 0 Å². The molecular weight excluding hydrogens is 330 g/mol. The predicted molar refractivity (Wildman–Crippen MR) is 120 cm³/mol. The Bertz CT molecular complexity index is 581. The second-order valence-corrected chi connectivity index (χ2v) is 10.7. The Morgan fingerprint density at radius 1 is 1.00 bits per heavy atom. The van der Waals surface area contributed by atoms with Gasteiger partial charge in [-0.1, -0.05) is 86.3 Å². The fraction of sp³-hybridized carbons (Fsp3) is 0.760. The highest BCUT2D eigenvalue weighted by atomic mass is 16.3. The van der Waals surface area contributed by atoms with Gasteiger partial charge in [0.2, 0.25) is 0 Å². The van der Waals surface area contributed by atoms with Gasteiger partial charge in [-0.15, -0.1) is 0 Å². The van der Waals surface area contributed by atoms with E-state index in [4.69, 9.17) is 0 Å². The number of benzene rings is 1. The van der Waals surface area contributed by atoms with E-state index in [1.54, 1.807) is 0 Å². The van der Waals surface area contributed by atoms with Crippen LogP contribution in [-0.2, 0) is 12.0 Å². The van der Waals surface area contributed by atoms with E-state index in [1.807, 2.05) is 0 Å². The Kier molecular flexibility index (Phi) is 8.86. The predicted octanol–water partition coefficient (Wildman–Crippen LogP) is 7.24. The first-order chi connectivity index (χ1) is 12.4. The number of unbranched alkanes of at least 4 members (excludes halogenated alkanes) is 3. The van der Waals surface area contributed by atoms with Gasteiger partial charge in [0, 0.05) is 17.7 Å². The molecule has 0 radical (unpaired) electrons. The van der Waals surface area contributed by atoms with Gasteiger partial charge in [-0.05, 0) is 49.2 Å². The molecule has 1 rings (SSSR count). The lowest BCUT2D eigenvalue weighted by Crippen LogP contribution is -2.26. The zero-order valence-electron chi connectivity index (χ0n) is 19.6. The zero-order valence-corrected chi connectivity index (χ0v) is 19.6. The molecule has 0 aliphatic heterocycles. The highest BCUT2D eigenvalue weighted by Gasteiger charge is 2.31. The molecule has 1 aromatic carbocycles. The van der Waals surface area contributed by atoms with Crippen LogP contribution < -0.4 is 0 Å². The minimum absolute atomic E-state index is 0.0542. The zero-order chi connectivity index (χ0) is 20.8. The van der Waals surface area contributed by atoms with Crippen LogP contribution in [0.1, 0.15) is 110 Å². The fourth-order valence-electron chi connectivity index (χ4n) is 4.45. The normalized spacial score (nSPS) is 14.0. The summed E-state index contributed by atoms with van der Waals surface area (Å²) in [4.78, 5) is 2.14. The van der Waals surface area contributed by atoms with Crippen molar-refractivity contribution >= 4 is 0 Å². The van der Waals surface area contributed by atoms with Crippen molar-refractivity contribution in [2.75, 3.05) is 14.1 Å². The maximum Gasteiger partial charge on any atom is 0.123 e.